The van der Waals surface area contributed by atoms with Crippen LogP contribution in [0.5, 0.6) is 0 Å². The van der Waals surface area contributed by atoms with Crippen molar-refractivity contribution >= 4 is 0 Å². The minimum atomic E-state index is -0.157. The standard InChI is InChI=1S/C10H22O2/c1-4-7-12-8-5-6-10(11)9(2)3/h9-11H,4-8H2,1-3H3. The first-order chi connectivity index (χ1) is 5.68. The van der Waals surface area contributed by atoms with E-state index in [1.54, 1.807) is 0 Å². The van der Waals surface area contributed by atoms with Crippen LogP contribution in [0, 0.1) is 5.92 Å². The largest absolute Gasteiger partial charge is 0.393 e. The Morgan fingerprint density at radius 1 is 1.25 bits per heavy atom. The molecule has 0 aromatic rings. The summed E-state index contributed by atoms with van der Waals surface area (Å²) in [6.45, 7) is 7.81. The molecular formula is C10H22O2. The van der Waals surface area contributed by atoms with Gasteiger partial charge in [0, 0.05) is 13.2 Å². The van der Waals surface area contributed by atoms with Crippen LogP contribution in [0.4, 0.5) is 0 Å². The van der Waals surface area contributed by atoms with Gasteiger partial charge in [0.25, 0.3) is 0 Å². The monoisotopic (exact) mass is 174 g/mol. The van der Waals surface area contributed by atoms with Crippen molar-refractivity contribution in [3.63, 3.8) is 0 Å². The van der Waals surface area contributed by atoms with Crippen LogP contribution in [0.2, 0.25) is 0 Å². The summed E-state index contributed by atoms with van der Waals surface area (Å²) < 4.78 is 5.30. The van der Waals surface area contributed by atoms with Crippen molar-refractivity contribution in [1.29, 1.82) is 0 Å². The van der Waals surface area contributed by atoms with Gasteiger partial charge in [0.2, 0.25) is 0 Å². The Labute approximate surface area is 75.9 Å². The van der Waals surface area contributed by atoms with Gasteiger partial charge in [0.05, 0.1) is 6.10 Å². The second-order valence-corrected chi connectivity index (χ2v) is 3.57. The van der Waals surface area contributed by atoms with Gasteiger partial charge in [-0.05, 0) is 25.2 Å². The van der Waals surface area contributed by atoms with E-state index in [0.717, 1.165) is 32.5 Å². The van der Waals surface area contributed by atoms with Gasteiger partial charge in [-0.2, -0.15) is 0 Å². The average Bonchev–Trinajstić information content (AvgIpc) is 2.03. The smallest absolute Gasteiger partial charge is 0.0564 e. The molecule has 0 radical (unpaired) electrons. The summed E-state index contributed by atoms with van der Waals surface area (Å²) in [5.41, 5.74) is 0. The number of ether oxygens (including phenoxy) is 1. The van der Waals surface area contributed by atoms with Crippen LogP contribution in [0.25, 0.3) is 0 Å². The summed E-state index contributed by atoms with van der Waals surface area (Å²) in [4.78, 5) is 0. The maximum Gasteiger partial charge on any atom is 0.0564 e. The van der Waals surface area contributed by atoms with Gasteiger partial charge in [-0.3, -0.25) is 0 Å². The van der Waals surface area contributed by atoms with E-state index in [1.165, 1.54) is 0 Å². The number of rotatable bonds is 7. The lowest BCUT2D eigenvalue weighted by Crippen LogP contribution is -2.15. The lowest BCUT2D eigenvalue weighted by Gasteiger charge is -2.13. The molecule has 0 amide bonds. The third-order valence-electron chi connectivity index (χ3n) is 1.91. The highest BCUT2D eigenvalue weighted by atomic mass is 16.5. The molecule has 0 saturated heterocycles. The van der Waals surface area contributed by atoms with Crippen LogP contribution in [0.1, 0.15) is 40.0 Å². The van der Waals surface area contributed by atoms with Crippen molar-refractivity contribution in [3.8, 4) is 0 Å². The SMILES string of the molecule is CCCOCCCC(O)C(C)C. The Hall–Kier alpha value is -0.0800. The molecule has 12 heavy (non-hydrogen) atoms. The summed E-state index contributed by atoms with van der Waals surface area (Å²) in [5.74, 6) is 0.371. The zero-order valence-electron chi connectivity index (χ0n) is 8.55. The van der Waals surface area contributed by atoms with Gasteiger partial charge < -0.3 is 9.84 Å². The molecule has 1 unspecified atom stereocenters. The molecule has 0 fully saturated rings. The molecule has 0 rings (SSSR count). The zero-order valence-corrected chi connectivity index (χ0v) is 8.55. The molecule has 0 aromatic heterocycles. The van der Waals surface area contributed by atoms with Crippen molar-refractivity contribution in [2.75, 3.05) is 13.2 Å². The lowest BCUT2D eigenvalue weighted by atomic mass is 10.0. The molecule has 2 heteroatoms. The van der Waals surface area contributed by atoms with Gasteiger partial charge in [-0.15, -0.1) is 0 Å². The van der Waals surface area contributed by atoms with Gasteiger partial charge in [-0.25, -0.2) is 0 Å². The summed E-state index contributed by atoms with van der Waals surface area (Å²) >= 11 is 0. The first-order valence-corrected chi connectivity index (χ1v) is 4.94. The summed E-state index contributed by atoms with van der Waals surface area (Å²) in [7, 11) is 0. The summed E-state index contributed by atoms with van der Waals surface area (Å²) in [6, 6.07) is 0. The average molecular weight is 174 g/mol. The normalized spacial score (nSPS) is 13.8. The van der Waals surface area contributed by atoms with E-state index in [4.69, 9.17) is 4.74 Å². The van der Waals surface area contributed by atoms with Crippen LogP contribution >= 0.6 is 0 Å². The number of hydrogen-bond acceptors (Lipinski definition) is 2. The quantitative estimate of drug-likeness (QED) is 0.600. The first kappa shape index (κ1) is 11.9. The van der Waals surface area contributed by atoms with Crippen LogP contribution in [0.15, 0.2) is 0 Å². The Bertz CT molecular complexity index is 91.8. The third kappa shape index (κ3) is 6.62. The zero-order chi connectivity index (χ0) is 9.40. The Morgan fingerprint density at radius 3 is 2.42 bits per heavy atom. The fraction of sp³-hybridized carbons (Fsp3) is 1.00. The minimum Gasteiger partial charge on any atom is -0.393 e. The third-order valence-corrected chi connectivity index (χ3v) is 1.91. The molecule has 0 heterocycles. The highest BCUT2D eigenvalue weighted by Crippen LogP contribution is 2.07. The van der Waals surface area contributed by atoms with E-state index in [1.807, 2.05) is 13.8 Å². The Balaban J connectivity index is 3.08. The first-order valence-electron chi connectivity index (χ1n) is 4.94. The van der Waals surface area contributed by atoms with Crippen LogP contribution in [-0.2, 0) is 4.74 Å². The number of aliphatic hydroxyl groups excluding tert-OH is 1. The fourth-order valence-corrected chi connectivity index (χ4v) is 0.974. The van der Waals surface area contributed by atoms with Crippen molar-refractivity contribution in [2.45, 2.75) is 46.1 Å². The Morgan fingerprint density at radius 2 is 1.92 bits per heavy atom. The van der Waals surface area contributed by atoms with Gasteiger partial charge >= 0.3 is 0 Å². The van der Waals surface area contributed by atoms with Crippen LogP contribution in [0.3, 0.4) is 0 Å². The second-order valence-electron chi connectivity index (χ2n) is 3.57. The van der Waals surface area contributed by atoms with E-state index in [0.29, 0.717) is 5.92 Å². The number of hydrogen-bond donors (Lipinski definition) is 1. The highest BCUT2D eigenvalue weighted by molar-refractivity contribution is 4.58. The molecule has 0 aliphatic heterocycles. The van der Waals surface area contributed by atoms with E-state index in [9.17, 15) is 5.11 Å². The minimum absolute atomic E-state index is 0.157. The topological polar surface area (TPSA) is 29.5 Å². The van der Waals surface area contributed by atoms with Crippen LogP contribution < -0.4 is 0 Å². The molecule has 0 bridgehead atoms. The predicted octanol–water partition coefficient (Wildman–Crippen LogP) is 2.21. The molecule has 1 atom stereocenters. The number of aliphatic hydroxyl groups is 1. The van der Waals surface area contributed by atoms with E-state index in [-0.39, 0.29) is 6.10 Å². The lowest BCUT2D eigenvalue weighted by molar-refractivity contribution is 0.0858. The predicted molar refractivity (Wildman–Crippen MR) is 51.2 cm³/mol. The summed E-state index contributed by atoms with van der Waals surface area (Å²) in [5, 5.41) is 9.43. The fourth-order valence-electron chi connectivity index (χ4n) is 0.974. The molecule has 0 saturated carbocycles. The second kappa shape index (κ2) is 7.56. The molecule has 2 nitrogen and oxygen atoms in total. The molecule has 0 aliphatic rings. The molecular weight excluding hydrogens is 152 g/mol. The van der Waals surface area contributed by atoms with Gasteiger partial charge in [0.15, 0.2) is 0 Å². The van der Waals surface area contributed by atoms with E-state index in [2.05, 4.69) is 6.92 Å². The molecule has 0 aromatic carbocycles. The maximum absolute atomic E-state index is 9.43. The highest BCUT2D eigenvalue weighted by Gasteiger charge is 2.07. The maximum atomic E-state index is 9.43. The van der Waals surface area contributed by atoms with Gasteiger partial charge in [0.1, 0.15) is 0 Å². The molecule has 0 spiro atoms. The van der Waals surface area contributed by atoms with Crippen molar-refractivity contribution in [1.82, 2.24) is 0 Å². The van der Waals surface area contributed by atoms with Crippen LogP contribution in [-0.4, -0.2) is 24.4 Å². The van der Waals surface area contributed by atoms with Crippen molar-refractivity contribution < 1.29 is 9.84 Å². The van der Waals surface area contributed by atoms with Crippen molar-refractivity contribution in [2.24, 2.45) is 5.92 Å². The molecule has 0 aliphatic carbocycles. The van der Waals surface area contributed by atoms with E-state index < -0.39 is 0 Å². The van der Waals surface area contributed by atoms with Crippen molar-refractivity contribution in [3.05, 3.63) is 0 Å². The van der Waals surface area contributed by atoms with Gasteiger partial charge in [-0.1, -0.05) is 20.8 Å². The molecule has 74 valence electrons. The summed E-state index contributed by atoms with van der Waals surface area (Å²) in [6.07, 6.45) is 2.75. The Kier molecular flexibility index (Phi) is 7.51. The van der Waals surface area contributed by atoms with E-state index >= 15 is 0 Å². The molecule has 1 N–H and O–H groups in total.